The van der Waals surface area contributed by atoms with Gasteiger partial charge in [0.05, 0.1) is 31.8 Å². The Morgan fingerprint density at radius 2 is 1.00 bits per heavy atom. The van der Waals surface area contributed by atoms with Gasteiger partial charge in [-0.2, -0.15) is 0 Å². The highest BCUT2D eigenvalue weighted by Crippen LogP contribution is 2.31. The third kappa shape index (κ3) is 8.42. The number of nitrogens with two attached hydrogens (primary N) is 2. The van der Waals surface area contributed by atoms with E-state index in [2.05, 4.69) is 0 Å². The van der Waals surface area contributed by atoms with Crippen LogP contribution in [0.2, 0.25) is 0 Å². The first kappa shape index (κ1) is 22.8. The first-order valence-electron chi connectivity index (χ1n) is 9.14. The van der Waals surface area contributed by atoms with E-state index in [0.717, 1.165) is 25.7 Å². The molecule has 0 aromatic heterocycles. The Morgan fingerprint density at radius 3 is 1.26 bits per heavy atom. The zero-order valence-corrected chi connectivity index (χ0v) is 15.5. The molecule has 0 amide bonds. The van der Waals surface area contributed by atoms with Crippen LogP contribution in [0.5, 0.6) is 0 Å². The molecule has 0 aromatic carbocycles. The van der Waals surface area contributed by atoms with Crippen molar-refractivity contribution in [2.24, 2.45) is 16.9 Å². The summed E-state index contributed by atoms with van der Waals surface area (Å²) < 4.78 is 22.9. The highest BCUT2D eigenvalue weighted by Gasteiger charge is 2.41. The topological polar surface area (TPSA) is 89.0 Å². The molecule has 6 heteroatoms. The Bertz CT molecular complexity index is 221. The predicted molar refractivity (Wildman–Crippen MR) is 93.1 cm³/mol. The average Bonchev–Trinajstić information content (AvgIpc) is 2.64. The van der Waals surface area contributed by atoms with E-state index >= 15 is 0 Å². The number of rotatable bonds is 6. The number of hydrogen-bond donors (Lipinski definition) is 2. The van der Waals surface area contributed by atoms with E-state index < -0.39 is 0 Å². The standard InChI is InChI=1S/C13H26N2O4.2C2H6/c14-5-1-3-11-16-7-13(8-17-11)9-18-12(19-10-13)4-2-6-15;2*1-2/h11-12H,1-10,14-15H2;2*1-2H3. The first-order valence-corrected chi connectivity index (χ1v) is 9.14. The smallest absolute Gasteiger partial charge is 0.157 e. The summed E-state index contributed by atoms with van der Waals surface area (Å²) in [5.74, 6) is 0. The van der Waals surface area contributed by atoms with Gasteiger partial charge in [-0.05, 0) is 38.8 Å². The van der Waals surface area contributed by atoms with Gasteiger partial charge in [-0.15, -0.1) is 0 Å². The maximum absolute atomic E-state index is 5.73. The van der Waals surface area contributed by atoms with E-state index in [4.69, 9.17) is 30.4 Å². The van der Waals surface area contributed by atoms with Gasteiger partial charge < -0.3 is 30.4 Å². The first-order chi connectivity index (χ1) is 11.3. The summed E-state index contributed by atoms with van der Waals surface area (Å²) in [6, 6.07) is 0. The fraction of sp³-hybridized carbons (Fsp3) is 1.00. The monoisotopic (exact) mass is 334 g/mol. The molecule has 23 heavy (non-hydrogen) atoms. The van der Waals surface area contributed by atoms with E-state index in [0.29, 0.717) is 39.5 Å². The van der Waals surface area contributed by atoms with Crippen molar-refractivity contribution in [3.63, 3.8) is 0 Å². The van der Waals surface area contributed by atoms with Gasteiger partial charge in [-0.3, -0.25) is 0 Å². The van der Waals surface area contributed by atoms with E-state index in [1.807, 2.05) is 27.7 Å². The molecule has 0 aromatic rings. The predicted octanol–water partition coefficient (Wildman–Crippen LogP) is 2.25. The minimum Gasteiger partial charge on any atom is -0.352 e. The summed E-state index contributed by atoms with van der Waals surface area (Å²) in [6.07, 6.45) is 3.31. The Balaban J connectivity index is 0.00000112. The molecular formula is C17H38N2O4. The lowest BCUT2D eigenvalue weighted by Crippen LogP contribution is -2.52. The Labute approximate surface area is 142 Å². The van der Waals surface area contributed by atoms with Crippen molar-refractivity contribution >= 4 is 0 Å². The van der Waals surface area contributed by atoms with Crippen LogP contribution in [0.4, 0.5) is 0 Å². The molecule has 2 fully saturated rings. The molecule has 1 spiro atoms. The molecular weight excluding hydrogens is 296 g/mol. The Kier molecular flexibility index (Phi) is 14.0. The average molecular weight is 335 g/mol. The minimum atomic E-state index is -0.140. The molecule has 0 radical (unpaired) electrons. The third-order valence-corrected chi connectivity index (χ3v) is 3.59. The van der Waals surface area contributed by atoms with Gasteiger partial charge >= 0.3 is 0 Å². The van der Waals surface area contributed by atoms with Crippen LogP contribution in [0.25, 0.3) is 0 Å². The van der Waals surface area contributed by atoms with Crippen LogP contribution >= 0.6 is 0 Å². The Morgan fingerprint density at radius 1 is 0.696 bits per heavy atom. The van der Waals surface area contributed by atoms with Gasteiger partial charge in [0.1, 0.15) is 0 Å². The van der Waals surface area contributed by atoms with Crippen LogP contribution in [0.3, 0.4) is 0 Å². The van der Waals surface area contributed by atoms with Crippen molar-refractivity contribution in [3.05, 3.63) is 0 Å². The van der Waals surface area contributed by atoms with E-state index in [-0.39, 0.29) is 18.0 Å². The van der Waals surface area contributed by atoms with Crippen molar-refractivity contribution in [2.75, 3.05) is 39.5 Å². The summed E-state index contributed by atoms with van der Waals surface area (Å²) in [7, 11) is 0. The van der Waals surface area contributed by atoms with E-state index in [1.165, 1.54) is 0 Å². The maximum Gasteiger partial charge on any atom is 0.157 e. The second-order valence-electron chi connectivity index (χ2n) is 5.46. The second kappa shape index (κ2) is 14.1. The van der Waals surface area contributed by atoms with E-state index in [9.17, 15) is 0 Å². The highest BCUT2D eigenvalue weighted by atomic mass is 16.7. The molecule has 140 valence electrons. The van der Waals surface area contributed by atoms with Crippen molar-refractivity contribution in [2.45, 2.75) is 66.0 Å². The molecule has 2 aliphatic rings. The minimum absolute atomic E-state index is 0.121. The lowest BCUT2D eigenvalue weighted by Gasteiger charge is -2.43. The van der Waals surface area contributed by atoms with Crippen molar-refractivity contribution < 1.29 is 18.9 Å². The molecule has 2 rings (SSSR count). The van der Waals surface area contributed by atoms with Crippen molar-refractivity contribution in [1.82, 2.24) is 0 Å². The molecule has 2 aliphatic heterocycles. The maximum atomic E-state index is 5.73. The van der Waals surface area contributed by atoms with Gasteiger partial charge in [0.2, 0.25) is 0 Å². The van der Waals surface area contributed by atoms with Crippen LogP contribution in [0, 0.1) is 5.41 Å². The van der Waals surface area contributed by atoms with E-state index in [1.54, 1.807) is 0 Å². The van der Waals surface area contributed by atoms with Gasteiger partial charge in [-0.25, -0.2) is 0 Å². The largest absolute Gasteiger partial charge is 0.352 e. The Hall–Kier alpha value is -0.240. The molecule has 0 bridgehead atoms. The molecule has 2 saturated heterocycles. The lowest BCUT2D eigenvalue weighted by atomic mass is 9.90. The summed E-state index contributed by atoms with van der Waals surface area (Å²) in [5.41, 5.74) is 10.8. The van der Waals surface area contributed by atoms with Crippen LogP contribution in [0.15, 0.2) is 0 Å². The summed E-state index contributed by atoms with van der Waals surface area (Å²) in [5, 5.41) is 0. The molecule has 6 nitrogen and oxygen atoms in total. The fourth-order valence-electron chi connectivity index (χ4n) is 2.33. The normalized spacial score (nSPS) is 30.0. The van der Waals surface area contributed by atoms with Crippen molar-refractivity contribution in [3.8, 4) is 0 Å². The zero-order chi connectivity index (χ0) is 17.6. The summed E-state index contributed by atoms with van der Waals surface area (Å²) >= 11 is 0. The molecule has 0 aliphatic carbocycles. The van der Waals surface area contributed by atoms with Crippen LogP contribution in [0.1, 0.15) is 53.4 Å². The van der Waals surface area contributed by atoms with Gasteiger partial charge in [0.15, 0.2) is 12.6 Å². The quantitative estimate of drug-likeness (QED) is 0.774. The fourth-order valence-corrected chi connectivity index (χ4v) is 2.33. The molecule has 0 atom stereocenters. The lowest BCUT2D eigenvalue weighted by molar-refractivity contribution is -0.304. The van der Waals surface area contributed by atoms with Gasteiger partial charge in [-0.1, -0.05) is 27.7 Å². The number of hydrogen-bond acceptors (Lipinski definition) is 6. The molecule has 0 saturated carbocycles. The molecule has 4 N–H and O–H groups in total. The van der Waals surface area contributed by atoms with Gasteiger partial charge in [0, 0.05) is 0 Å². The van der Waals surface area contributed by atoms with Crippen LogP contribution < -0.4 is 11.5 Å². The van der Waals surface area contributed by atoms with Gasteiger partial charge in [0.25, 0.3) is 0 Å². The third-order valence-electron chi connectivity index (χ3n) is 3.59. The SMILES string of the molecule is CC.CC.NCCCC1OCC2(CO1)COC(CCCN)OC2. The molecule has 2 heterocycles. The molecule has 0 unspecified atom stereocenters. The summed E-state index contributed by atoms with van der Waals surface area (Å²) in [6.45, 7) is 11.9. The summed E-state index contributed by atoms with van der Waals surface area (Å²) in [4.78, 5) is 0. The second-order valence-corrected chi connectivity index (χ2v) is 5.46. The van der Waals surface area contributed by atoms with Crippen molar-refractivity contribution in [1.29, 1.82) is 0 Å². The van der Waals surface area contributed by atoms with Crippen LogP contribution in [-0.4, -0.2) is 52.1 Å². The van der Waals surface area contributed by atoms with Crippen LogP contribution in [-0.2, 0) is 18.9 Å². The zero-order valence-electron chi connectivity index (χ0n) is 15.5. The number of ether oxygens (including phenoxy) is 4. The highest BCUT2D eigenvalue weighted by molar-refractivity contribution is 4.84.